The van der Waals surface area contributed by atoms with Gasteiger partial charge in [0, 0.05) is 5.56 Å². The van der Waals surface area contributed by atoms with E-state index in [1.54, 1.807) is 31.4 Å². The average molecular weight is 304 g/mol. The minimum Gasteiger partial charge on any atom is -0.493 e. The second kappa shape index (κ2) is 6.79. The van der Waals surface area contributed by atoms with Crippen molar-refractivity contribution in [3.63, 3.8) is 0 Å². The Balaban J connectivity index is 1.97. The van der Waals surface area contributed by atoms with Crippen LogP contribution >= 0.6 is 0 Å². The van der Waals surface area contributed by atoms with E-state index in [9.17, 15) is 4.79 Å². The second-order valence-corrected chi connectivity index (χ2v) is 4.94. The Labute approximate surface area is 135 Å². The molecule has 0 aliphatic rings. The van der Waals surface area contributed by atoms with Crippen LogP contribution < -0.4 is 9.47 Å². The SMILES string of the molecule is COc1ccccc1Oc1ccccc1C(=O)c1ccccc1. The van der Waals surface area contributed by atoms with Crippen LogP contribution in [0.3, 0.4) is 0 Å². The maximum absolute atomic E-state index is 12.7. The smallest absolute Gasteiger partial charge is 0.196 e. The number of ketones is 1. The minimum absolute atomic E-state index is 0.0731. The molecule has 0 spiro atoms. The normalized spacial score (nSPS) is 10.1. The van der Waals surface area contributed by atoms with Crippen molar-refractivity contribution in [2.45, 2.75) is 0 Å². The van der Waals surface area contributed by atoms with E-state index in [4.69, 9.17) is 9.47 Å². The molecule has 3 nitrogen and oxygen atoms in total. The van der Waals surface area contributed by atoms with Crippen molar-refractivity contribution < 1.29 is 14.3 Å². The zero-order chi connectivity index (χ0) is 16.1. The topological polar surface area (TPSA) is 35.5 Å². The van der Waals surface area contributed by atoms with E-state index in [2.05, 4.69) is 0 Å². The first-order valence-corrected chi connectivity index (χ1v) is 7.29. The molecule has 3 heteroatoms. The Kier molecular flexibility index (Phi) is 4.39. The molecule has 0 saturated heterocycles. The van der Waals surface area contributed by atoms with Gasteiger partial charge in [0.1, 0.15) is 5.75 Å². The van der Waals surface area contributed by atoms with E-state index in [1.807, 2.05) is 54.6 Å². The number of ether oxygens (including phenoxy) is 2. The standard InChI is InChI=1S/C20H16O3/c1-22-18-13-7-8-14-19(18)23-17-12-6-5-11-16(17)20(21)15-9-3-2-4-10-15/h2-14H,1H3. The number of hydrogen-bond donors (Lipinski definition) is 0. The number of benzene rings is 3. The fourth-order valence-corrected chi connectivity index (χ4v) is 2.31. The molecule has 114 valence electrons. The monoisotopic (exact) mass is 304 g/mol. The molecular formula is C20H16O3. The second-order valence-electron chi connectivity index (χ2n) is 4.94. The molecule has 3 rings (SSSR count). The number of methoxy groups -OCH3 is 1. The Morgan fingerprint density at radius 3 is 1.96 bits per heavy atom. The molecule has 0 unspecified atom stereocenters. The summed E-state index contributed by atoms with van der Waals surface area (Å²) in [6, 6.07) is 23.7. The molecule has 0 amide bonds. The van der Waals surface area contributed by atoms with Crippen molar-refractivity contribution in [2.75, 3.05) is 7.11 Å². The lowest BCUT2D eigenvalue weighted by molar-refractivity contribution is 0.103. The summed E-state index contributed by atoms with van der Waals surface area (Å²) in [5.41, 5.74) is 1.15. The van der Waals surface area contributed by atoms with E-state index in [1.165, 1.54) is 0 Å². The van der Waals surface area contributed by atoms with Crippen LogP contribution in [0.1, 0.15) is 15.9 Å². The summed E-state index contributed by atoms with van der Waals surface area (Å²) in [4.78, 5) is 12.7. The number of hydrogen-bond acceptors (Lipinski definition) is 3. The van der Waals surface area contributed by atoms with Crippen molar-refractivity contribution in [3.05, 3.63) is 90.0 Å². The van der Waals surface area contributed by atoms with Crippen LogP contribution in [0.2, 0.25) is 0 Å². The summed E-state index contributed by atoms with van der Waals surface area (Å²) in [5.74, 6) is 1.62. The van der Waals surface area contributed by atoms with Crippen LogP contribution in [-0.2, 0) is 0 Å². The Morgan fingerprint density at radius 2 is 1.26 bits per heavy atom. The van der Waals surface area contributed by atoms with Crippen molar-refractivity contribution in [2.24, 2.45) is 0 Å². The summed E-state index contributed by atoms with van der Waals surface area (Å²) in [6.45, 7) is 0. The molecule has 0 fully saturated rings. The molecular weight excluding hydrogens is 288 g/mol. The largest absolute Gasteiger partial charge is 0.493 e. The van der Waals surface area contributed by atoms with E-state index < -0.39 is 0 Å². The van der Waals surface area contributed by atoms with Crippen LogP contribution in [0, 0.1) is 0 Å². The third-order valence-electron chi connectivity index (χ3n) is 3.46. The first-order valence-electron chi connectivity index (χ1n) is 7.29. The first-order chi connectivity index (χ1) is 11.3. The van der Waals surface area contributed by atoms with Gasteiger partial charge in [-0.3, -0.25) is 4.79 Å². The fraction of sp³-hybridized carbons (Fsp3) is 0.0500. The predicted octanol–water partition coefficient (Wildman–Crippen LogP) is 4.72. The van der Waals surface area contributed by atoms with Crippen LogP contribution in [0.15, 0.2) is 78.9 Å². The van der Waals surface area contributed by atoms with Gasteiger partial charge in [-0.05, 0) is 24.3 Å². The maximum Gasteiger partial charge on any atom is 0.196 e. The van der Waals surface area contributed by atoms with Crippen molar-refractivity contribution >= 4 is 5.78 Å². The maximum atomic E-state index is 12.7. The molecule has 0 aliphatic carbocycles. The summed E-state index contributed by atoms with van der Waals surface area (Å²) >= 11 is 0. The molecule has 3 aromatic rings. The van der Waals surface area contributed by atoms with Gasteiger partial charge < -0.3 is 9.47 Å². The molecule has 0 bridgehead atoms. The molecule has 23 heavy (non-hydrogen) atoms. The van der Waals surface area contributed by atoms with Crippen LogP contribution in [0.25, 0.3) is 0 Å². The van der Waals surface area contributed by atoms with Gasteiger partial charge in [0.15, 0.2) is 17.3 Å². The highest BCUT2D eigenvalue weighted by atomic mass is 16.5. The Hall–Kier alpha value is -3.07. The number of rotatable bonds is 5. The van der Waals surface area contributed by atoms with E-state index >= 15 is 0 Å². The molecule has 0 radical (unpaired) electrons. The molecule has 0 aromatic heterocycles. The van der Waals surface area contributed by atoms with E-state index in [0.717, 1.165) is 0 Å². The van der Waals surface area contributed by atoms with Gasteiger partial charge in [0.05, 0.1) is 12.7 Å². The van der Waals surface area contributed by atoms with Crippen molar-refractivity contribution in [1.29, 1.82) is 0 Å². The van der Waals surface area contributed by atoms with Gasteiger partial charge in [0.2, 0.25) is 0 Å². The molecule has 0 atom stereocenters. The average Bonchev–Trinajstić information content (AvgIpc) is 2.63. The highest BCUT2D eigenvalue weighted by Gasteiger charge is 2.15. The summed E-state index contributed by atoms with van der Waals surface area (Å²) in [7, 11) is 1.59. The molecule has 0 heterocycles. The van der Waals surface area contributed by atoms with Gasteiger partial charge in [-0.2, -0.15) is 0 Å². The molecule has 0 N–H and O–H groups in total. The zero-order valence-electron chi connectivity index (χ0n) is 12.7. The first kappa shape index (κ1) is 14.9. The van der Waals surface area contributed by atoms with Gasteiger partial charge in [-0.25, -0.2) is 0 Å². The van der Waals surface area contributed by atoms with Crippen LogP contribution in [-0.4, -0.2) is 12.9 Å². The summed E-state index contributed by atoms with van der Waals surface area (Å²) in [5, 5.41) is 0. The van der Waals surface area contributed by atoms with E-state index in [-0.39, 0.29) is 5.78 Å². The van der Waals surface area contributed by atoms with Gasteiger partial charge in [-0.1, -0.05) is 54.6 Å². The third kappa shape index (κ3) is 3.24. The quantitative estimate of drug-likeness (QED) is 0.640. The fourth-order valence-electron chi connectivity index (χ4n) is 2.31. The van der Waals surface area contributed by atoms with Crippen LogP contribution in [0.4, 0.5) is 0 Å². The molecule has 0 aliphatic heterocycles. The highest BCUT2D eigenvalue weighted by molar-refractivity contribution is 6.10. The summed E-state index contributed by atoms with van der Waals surface area (Å²) in [6.07, 6.45) is 0. The van der Waals surface area contributed by atoms with Crippen molar-refractivity contribution in [1.82, 2.24) is 0 Å². The van der Waals surface area contributed by atoms with Crippen LogP contribution in [0.5, 0.6) is 17.2 Å². The van der Waals surface area contributed by atoms with Gasteiger partial charge in [-0.15, -0.1) is 0 Å². The minimum atomic E-state index is -0.0731. The number of carbonyl (C=O) groups excluding carboxylic acids is 1. The zero-order valence-corrected chi connectivity index (χ0v) is 12.7. The Morgan fingerprint density at radius 1 is 0.696 bits per heavy atom. The van der Waals surface area contributed by atoms with E-state index in [0.29, 0.717) is 28.4 Å². The number of para-hydroxylation sites is 3. The lowest BCUT2D eigenvalue weighted by Gasteiger charge is -2.13. The lowest BCUT2D eigenvalue weighted by Crippen LogP contribution is -2.03. The predicted molar refractivity (Wildman–Crippen MR) is 89.4 cm³/mol. The van der Waals surface area contributed by atoms with Gasteiger partial charge in [0.25, 0.3) is 0 Å². The molecule has 3 aromatic carbocycles. The summed E-state index contributed by atoms with van der Waals surface area (Å²) < 4.78 is 11.2. The molecule has 0 saturated carbocycles. The van der Waals surface area contributed by atoms with Gasteiger partial charge >= 0.3 is 0 Å². The van der Waals surface area contributed by atoms with Crippen molar-refractivity contribution in [3.8, 4) is 17.2 Å². The lowest BCUT2D eigenvalue weighted by atomic mass is 10.0. The number of carbonyl (C=O) groups is 1. The third-order valence-corrected chi connectivity index (χ3v) is 3.46. The highest BCUT2D eigenvalue weighted by Crippen LogP contribution is 2.33. The Bertz CT molecular complexity index is 810.